The molecule has 0 radical (unpaired) electrons. The summed E-state index contributed by atoms with van der Waals surface area (Å²) >= 11 is 0. The van der Waals surface area contributed by atoms with E-state index in [1.807, 2.05) is 0 Å². The molecule has 1 fully saturated rings. The Hall–Kier alpha value is -1.34. The third-order valence-electron chi connectivity index (χ3n) is 2.93. The van der Waals surface area contributed by atoms with E-state index < -0.39 is 29.3 Å². The average Bonchev–Trinajstić information content (AvgIpc) is 2.67. The molecule has 0 aromatic heterocycles. The highest BCUT2D eigenvalue weighted by molar-refractivity contribution is 5.82. The number of ether oxygens (including phenoxy) is 3. The molecule has 1 amide bonds. The molecule has 1 rings (SSSR count). The van der Waals surface area contributed by atoms with Crippen LogP contribution in [-0.2, 0) is 19.0 Å². The molecular weight excluding hydrogens is 288 g/mol. The molecule has 1 aliphatic rings. The van der Waals surface area contributed by atoms with Gasteiger partial charge < -0.3 is 25.3 Å². The second-order valence-electron chi connectivity index (χ2n) is 7.52. The first kappa shape index (κ1) is 18.7. The number of hydrogen-bond acceptors (Lipinski definition) is 6. The molecule has 1 saturated heterocycles. The monoisotopic (exact) mass is 316 g/mol. The molecule has 22 heavy (non-hydrogen) atoms. The van der Waals surface area contributed by atoms with Gasteiger partial charge in [0.2, 0.25) is 0 Å². The van der Waals surface area contributed by atoms with Gasteiger partial charge in [-0.15, -0.1) is 0 Å². The van der Waals surface area contributed by atoms with Crippen LogP contribution in [0.2, 0.25) is 0 Å². The predicted molar refractivity (Wildman–Crippen MR) is 81.3 cm³/mol. The van der Waals surface area contributed by atoms with Crippen molar-refractivity contribution in [3.8, 4) is 0 Å². The van der Waals surface area contributed by atoms with Crippen molar-refractivity contribution in [2.24, 2.45) is 11.7 Å². The van der Waals surface area contributed by atoms with Crippen LogP contribution < -0.4 is 11.1 Å². The fraction of sp³-hybridized carbons (Fsp3) is 0.867. The van der Waals surface area contributed by atoms with Crippen LogP contribution >= 0.6 is 0 Å². The van der Waals surface area contributed by atoms with E-state index in [9.17, 15) is 9.59 Å². The van der Waals surface area contributed by atoms with Crippen molar-refractivity contribution in [1.29, 1.82) is 0 Å². The second kappa shape index (κ2) is 6.83. The Bertz CT molecular complexity index is 411. The Morgan fingerprint density at radius 1 is 1.09 bits per heavy atom. The molecular formula is C15H28N2O5. The maximum atomic E-state index is 12.4. The molecule has 0 spiro atoms. The number of carbonyl (C=O) groups excluding carboxylic acids is 2. The minimum atomic E-state index is -0.897. The molecule has 0 aromatic carbocycles. The number of esters is 1. The van der Waals surface area contributed by atoms with Crippen molar-refractivity contribution in [1.82, 2.24) is 5.32 Å². The van der Waals surface area contributed by atoms with E-state index in [0.717, 1.165) is 0 Å². The summed E-state index contributed by atoms with van der Waals surface area (Å²) in [6.07, 6.45) is -0.678. The van der Waals surface area contributed by atoms with Gasteiger partial charge in [-0.1, -0.05) is 0 Å². The minimum Gasteiger partial charge on any atom is -0.458 e. The van der Waals surface area contributed by atoms with E-state index in [4.69, 9.17) is 19.9 Å². The Balaban J connectivity index is 2.82. The Kier molecular flexibility index (Phi) is 5.81. The Labute approximate surface area is 131 Å². The van der Waals surface area contributed by atoms with Crippen LogP contribution in [0.25, 0.3) is 0 Å². The average molecular weight is 316 g/mol. The normalized spacial score (nSPS) is 23.8. The van der Waals surface area contributed by atoms with Crippen LogP contribution in [0.15, 0.2) is 0 Å². The first-order chi connectivity index (χ1) is 9.89. The summed E-state index contributed by atoms with van der Waals surface area (Å²) < 4.78 is 15.9. The summed E-state index contributed by atoms with van der Waals surface area (Å²) in [5, 5.41) is 2.57. The largest absolute Gasteiger partial charge is 0.458 e. The lowest BCUT2D eigenvalue weighted by Gasteiger charge is -2.29. The van der Waals surface area contributed by atoms with Gasteiger partial charge in [0, 0.05) is 12.0 Å². The van der Waals surface area contributed by atoms with Crippen LogP contribution in [0.5, 0.6) is 0 Å². The zero-order chi connectivity index (χ0) is 17.1. The zero-order valence-corrected chi connectivity index (χ0v) is 14.3. The highest BCUT2D eigenvalue weighted by Gasteiger charge is 2.40. The van der Waals surface area contributed by atoms with E-state index in [-0.39, 0.29) is 12.0 Å². The van der Waals surface area contributed by atoms with Gasteiger partial charge in [0.05, 0.1) is 13.2 Å². The van der Waals surface area contributed by atoms with E-state index in [0.29, 0.717) is 13.2 Å². The summed E-state index contributed by atoms with van der Waals surface area (Å²) in [4.78, 5) is 24.4. The fourth-order valence-corrected chi connectivity index (χ4v) is 2.07. The first-order valence-electron chi connectivity index (χ1n) is 7.45. The molecule has 7 nitrogen and oxygen atoms in total. The molecule has 0 aromatic rings. The molecule has 1 aliphatic heterocycles. The van der Waals surface area contributed by atoms with Gasteiger partial charge in [0.15, 0.2) is 0 Å². The summed E-state index contributed by atoms with van der Waals surface area (Å²) in [5.41, 5.74) is 4.65. The van der Waals surface area contributed by atoms with Crippen molar-refractivity contribution in [2.45, 2.75) is 64.8 Å². The summed E-state index contributed by atoms with van der Waals surface area (Å²) in [6.45, 7) is 11.2. The highest BCUT2D eigenvalue weighted by Crippen LogP contribution is 2.20. The van der Waals surface area contributed by atoms with E-state index in [1.165, 1.54) is 0 Å². The van der Waals surface area contributed by atoms with Crippen molar-refractivity contribution in [3.63, 3.8) is 0 Å². The molecule has 3 atom stereocenters. The summed E-state index contributed by atoms with van der Waals surface area (Å²) in [5.74, 6) is -0.883. The van der Waals surface area contributed by atoms with Crippen LogP contribution in [0.1, 0.15) is 41.5 Å². The smallest absolute Gasteiger partial charge is 0.408 e. The van der Waals surface area contributed by atoms with Crippen LogP contribution in [-0.4, -0.2) is 48.6 Å². The van der Waals surface area contributed by atoms with Gasteiger partial charge in [-0.05, 0) is 41.5 Å². The van der Waals surface area contributed by atoms with Gasteiger partial charge in [-0.3, -0.25) is 0 Å². The molecule has 0 aliphatic carbocycles. The van der Waals surface area contributed by atoms with Crippen LogP contribution in [0.4, 0.5) is 4.79 Å². The fourth-order valence-electron chi connectivity index (χ4n) is 2.07. The standard InChI is InChI=1S/C15H28N2O5/c1-14(2,3)21-12(18)11(9-7-20-8-10(9)16)17-13(19)22-15(4,5)6/h9-11H,7-8,16H2,1-6H3,(H,17,19)/t9-,10+,11+/m0/s1. The van der Waals surface area contributed by atoms with Gasteiger partial charge in [-0.25, -0.2) is 9.59 Å². The predicted octanol–water partition coefficient (Wildman–Crippen LogP) is 1.20. The zero-order valence-electron chi connectivity index (χ0n) is 14.3. The molecule has 0 saturated carbocycles. The minimum absolute atomic E-state index is 0.293. The van der Waals surface area contributed by atoms with E-state index in [1.54, 1.807) is 41.5 Å². The number of nitrogens with two attached hydrogens (primary N) is 1. The second-order valence-corrected chi connectivity index (χ2v) is 7.52. The van der Waals surface area contributed by atoms with E-state index in [2.05, 4.69) is 5.32 Å². The summed E-state index contributed by atoms with van der Waals surface area (Å²) in [7, 11) is 0. The first-order valence-corrected chi connectivity index (χ1v) is 7.45. The topological polar surface area (TPSA) is 99.9 Å². The highest BCUT2D eigenvalue weighted by atomic mass is 16.6. The molecule has 0 bridgehead atoms. The Morgan fingerprint density at radius 2 is 1.64 bits per heavy atom. The van der Waals surface area contributed by atoms with Crippen LogP contribution in [0.3, 0.4) is 0 Å². The maximum Gasteiger partial charge on any atom is 0.408 e. The molecule has 128 valence electrons. The third-order valence-corrected chi connectivity index (χ3v) is 2.93. The number of hydrogen-bond donors (Lipinski definition) is 2. The number of amides is 1. The number of rotatable bonds is 3. The molecule has 1 heterocycles. The molecule has 7 heteroatoms. The third kappa shape index (κ3) is 6.19. The quantitative estimate of drug-likeness (QED) is 0.759. The number of nitrogens with one attached hydrogen (secondary N) is 1. The van der Waals surface area contributed by atoms with Crippen molar-refractivity contribution in [2.75, 3.05) is 13.2 Å². The van der Waals surface area contributed by atoms with Crippen LogP contribution in [0, 0.1) is 5.92 Å². The Morgan fingerprint density at radius 3 is 2.05 bits per heavy atom. The van der Waals surface area contributed by atoms with E-state index >= 15 is 0 Å². The lowest BCUT2D eigenvalue weighted by Crippen LogP contribution is -2.54. The lowest BCUT2D eigenvalue weighted by molar-refractivity contribution is -0.159. The van der Waals surface area contributed by atoms with Crippen molar-refractivity contribution < 1.29 is 23.8 Å². The van der Waals surface area contributed by atoms with Gasteiger partial charge >= 0.3 is 12.1 Å². The number of carbonyl (C=O) groups is 2. The van der Waals surface area contributed by atoms with Crippen molar-refractivity contribution >= 4 is 12.1 Å². The van der Waals surface area contributed by atoms with Crippen molar-refractivity contribution in [3.05, 3.63) is 0 Å². The maximum absolute atomic E-state index is 12.4. The van der Waals surface area contributed by atoms with Gasteiger partial charge in [0.1, 0.15) is 17.2 Å². The summed E-state index contributed by atoms with van der Waals surface area (Å²) in [6, 6.07) is -1.24. The van der Waals surface area contributed by atoms with Gasteiger partial charge in [-0.2, -0.15) is 0 Å². The molecule has 3 N–H and O–H groups in total. The lowest BCUT2D eigenvalue weighted by atomic mass is 9.95. The van der Waals surface area contributed by atoms with Gasteiger partial charge in [0.25, 0.3) is 0 Å². The SMILES string of the molecule is CC(C)(C)OC(=O)N[C@@H](C(=O)OC(C)(C)C)[C@H]1COC[C@H]1N. The molecule has 0 unspecified atom stereocenters. The number of alkyl carbamates (subject to hydrolysis) is 1.